The Bertz CT molecular complexity index is 455. The van der Waals surface area contributed by atoms with Gasteiger partial charge >= 0.3 is 0 Å². The lowest BCUT2D eigenvalue weighted by atomic mass is 10.0. The van der Waals surface area contributed by atoms with E-state index in [0.29, 0.717) is 18.0 Å². The van der Waals surface area contributed by atoms with Crippen molar-refractivity contribution >= 4 is 17.5 Å². The van der Waals surface area contributed by atoms with E-state index in [9.17, 15) is 9.90 Å². The third-order valence-corrected chi connectivity index (χ3v) is 3.97. The minimum Gasteiger partial charge on any atom is -0.388 e. The van der Waals surface area contributed by atoms with Crippen LogP contribution >= 0.6 is 11.6 Å². The summed E-state index contributed by atoms with van der Waals surface area (Å²) in [5.74, 6) is 0.0163. The third kappa shape index (κ3) is 3.95. The minimum atomic E-state index is -0.682. The van der Waals surface area contributed by atoms with Gasteiger partial charge in [0.2, 0.25) is 5.91 Å². The Hall–Kier alpha value is -1.06. The topological polar surface area (TPSA) is 40.5 Å². The number of amides is 1. The van der Waals surface area contributed by atoms with Gasteiger partial charge in [-0.15, -0.1) is 0 Å². The number of aliphatic hydroxyl groups is 1. The van der Waals surface area contributed by atoms with Gasteiger partial charge in [-0.2, -0.15) is 0 Å². The predicted molar refractivity (Wildman–Crippen MR) is 76.2 cm³/mol. The van der Waals surface area contributed by atoms with Gasteiger partial charge in [0.05, 0.1) is 12.0 Å². The predicted octanol–water partition coefficient (Wildman–Crippen LogP) is 2.65. The van der Waals surface area contributed by atoms with Crippen molar-refractivity contribution in [3.8, 4) is 0 Å². The van der Waals surface area contributed by atoms with E-state index in [-0.39, 0.29) is 5.91 Å². The van der Waals surface area contributed by atoms with Crippen LogP contribution in [-0.4, -0.2) is 35.1 Å². The minimum absolute atomic E-state index is 0.0163. The monoisotopic (exact) mass is 281 g/mol. The number of benzene rings is 1. The molecule has 1 aromatic rings. The average Bonchev–Trinajstić information content (AvgIpc) is 2.75. The van der Waals surface area contributed by atoms with Crippen molar-refractivity contribution in [3.63, 3.8) is 0 Å². The van der Waals surface area contributed by atoms with Crippen molar-refractivity contribution in [2.24, 2.45) is 0 Å². The third-order valence-electron chi connectivity index (χ3n) is 3.74. The molecule has 0 spiro atoms. The first-order valence-electron chi connectivity index (χ1n) is 6.69. The van der Waals surface area contributed by atoms with Crippen molar-refractivity contribution < 1.29 is 9.90 Å². The van der Waals surface area contributed by atoms with Crippen molar-refractivity contribution in [1.29, 1.82) is 0 Å². The van der Waals surface area contributed by atoms with Crippen molar-refractivity contribution in [2.75, 3.05) is 13.6 Å². The van der Waals surface area contributed by atoms with Crippen molar-refractivity contribution in [3.05, 3.63) is 34.9 Å². The summed E-state index contributed by atoms with van der Waals surface area (Å²) in [6.07, 6.45) is 4.01. The fourth-order valence-electron chi connectivity index (χ4n) is 2.68. The quantitative estimate of drug-likeness (QED) is 0.922. The van der Waals surface area contributed by atoms with E-state index in [2.05, 4.69) is 0 Å². The second-order valence-electron chi connectivity index (χ2n) is 5.49. The summed E-state index contributed by atoms with van der Waals surface area (Å²) in [7, 11) is 1.75. The maximum Gasteiger partial charge on any atom is 0.226 e. The SMILES string of the molecule is CN(CC1(O)CCCC1)C(=O)Cc1cccc(Cl)c1. The molecule has 1 amide bonds. The van der Waals surface area contributed by atoms with E-state index < -0.39 is 5.60 Å². The zero-order chi connectivity index (χ0) is 13.9. The van der Waals surface area contributed by atoms with Crippen LogP contribution in [-0.2, 0) is 11.2 Å². The first kappa shape index (κ1) is 14.4. The Balaban J connectivity index is 1.92. The number of halogens is 1. The molecule has 19 heavy (non-hydrogen) atoms. The van der Waals surface area contributed by atoms with Gasteiger partial charge < -0.3 is 10.0 Å². The second-order valence-corrected chi connectivity index (χ2v) is 5.92. The lowest BCUT2D eigenvalue weighted by Crippen LogP contribution is -2.42. The van der Waals surface area contributed by atoms with Crippen LogP contribution in [0.5, 0.6) is 0 Å². The Kier molecular flexibility index (Phi) is 4.48. The number of likely N-dealkylation sites (N-methyl/N-ethyl adjacent to an activating group) is 1. The number of carbonyl (C=O) groups is 1. The lowest BCUT2D eigenvalue weighted by molar-refractivity contribution is -0.132. The van der Waals surface area contributed by atoms with Crippen LogP contribution in [0.15, 0.2) is 24.3 Å². The summed E-state index contributed by atoms with van der Waals surface area (Å²) in [6.45, 7) is 0.423. The van der Waals surface area contributed by atoms with Gasteiger partial charge in [-0.25, -0.2) is 0 Å². The normalized spacial score (nSPS) is 17.4. The van der Waals surface area contributed by atoms with Crippen LogP contribution in [0, 0.1) is 0 Å². The smallest absolute Gasteiger partial charge is 0.226 e. The highest BCUT2D eigenvalue weighted by Crippen LogP contribution is 2.30. The highest BCUT2D eigenvalue weighted by atomic mass is 35.5. The van der Waals surface area contributed by atoms with Gasteiger partial charge in [0, 0.05) is 18.6 Å². The number of nitrogens with zero attached hydrogens (tertiary/aromatic N) is 1. The van der Waals surface area contributed by atoms with Crippen LogP contribution < -0.4 is 0 Å². The van der Waals surface area contributed by atoms with E-state index >= 15 is 0 Å². The second kappa shape index (κ2) is 5.93. The molecular weight excluding hydrogens is 262 g/mol. The van der Waals surface area contributed by atoms with E-state index in [1.165, 1.54) is 0 Å². The molecule has 0 atom stereocenters. The van der Waals surface area contributed by atoms with Crippen molar-refractivity contribution in [1.82, 2.24) is 4.90 Å². The molecule has 1 aliphatic rings. The molecule has 1 N–H and O–H groups in total. The summed E-state index contributed by atoms with van der Waals surface area (Å²) in [5, 5.41) is 10.9. The summed E-state index contributed by atoms with van der Waals surface area (Å²) in [4.78, 5) is 13.8. The molecule has 0 aliphatic heterocycles. The summed E-state index contributed by atoms with van der Waals surface area (Å²) in [6, 6.07) is 7.33. The molecule has 1 aliphatic carbocycles. The number of hydrogen-bond acceptors (Lipinski definition) is 2. The Morgan fingerprint density at radius 3 is 2.74 bits per heavy atom. The zero-order valence-corrected chi connectivity index (χ0v) is 12.0. The van der Waals surface area contributed by atoms with Crippen LogP contribution in [0.25, 0.3) is 0 Å². The molecule has 2 rings (SSSR count). The fraction of sp³-hybridized carbons (Fsp3) is 0.533. The van der Waals surface area contributed by atoms with Crippen LogP contribution in [0.4, 0.5) is 0 Å². The highest BCUT2D eigenvalue weighted by molar-refractivity contribution is 6.30. The average molecular weight is 282 g/mol. The molecule has 0 unspecified atom stereocenters. The molecule has 104 valence electrons. The molecule has 4 heteroatoms. The van der Waals surface area contributed by atoms with Crippen LogP contribution in [0.3, 0.4) is 0 Å². The van der Waals surface area contributed by atoms with Crippen molar-refractivity contribution in [2.45, 2.75) is 37.7 Å². The largest absolute Gasteiger partial charge is 0.388 e. The van der Waals surface area contributed by atoms with Gasteiger partial charge in [-0.05, 0) is 30.5 Å². The Labute approximate surface area is 119 Å². The van der Waals surface area contributed by atoms with Gasteiger partial charge in [-0.3, -0.25) is 4.79 Å². The van der Waals surface area contributed by atoms with Gasteiger partial charge in [-0.1, -0.05) is 36.6 Å². The summed E-state index contributed by atoms with van der Waals surface area (Å²) < 4.78 is 0. The molecule has 0 saturated heterocycles. The molecule has 0 radical (unpaired) electrons. The number of rotatable bonds is 4. The van der Waals surface area contributed by atoms with E-state index in [0.717, 1.165) is 31.2 Å². The molecule has 1 fully saturated rings. The maximum absolute atomic E-state index is 12.1. The zero-order valence-electron chi connectivity index (χ0n) is 11.2. The molecule has 0 heterocycles. The van der Waals surface area contributed by atoms with Crippen LogP contribution in [0.1, 0.15) is 31.2 Å². The summed E-state index contributed by atoms with van der Waals surface area (Å²) >= 11 is 5.90. The first-order chi connectivity index (χ1) is 8.98. The molecule has 3 nitrogen and oxygen atoms in total. The summed E-state index contributed by atoms with van der Waals surface area (Å²) in [5.41, 5.74) is 0.224. The standard InChI is InChI=1S/C15H20ClNO2/c1-17(11-15(19)7-2-3-8-15)14(18)10-12-5-4-6-13(16)9-12/h4-6,9,19H,2-3,7-8,10-11H2,1H3. The molecular formula is C15H20ClNO2. The van der Waals surface area contributed by atoms with Gasteiger partial charge in [0.25, 0.3) is 0 Å². The first-order valence-corrected chi connectivity index (χ1v) is 7.07. The number of hydrogen-bond donors (Lipinski definition) is 1. The molecule has 0 bridgehead atoms. The molecule has 0 aromatic heterocycles. The highest BCUT2D eigenvalue weighted by Gasteiger charge is 2.33. The molecule has 1 aromatic carbocycles. The van der Waals surface area contributed by atoms with Gasteiger partial charge in [0.15, 0.2) is 0 Å². The fourth-order valence-corrected chi connectivity index (χ4v) is 2.89. The Morgan fingerprint density at radius 1 is 1.42 bits per heavy atom. The van der Waals surface area contributed by atoms with E-state index in [1.54, 1.807) is 24.1 Å². The Morgan fingerprint density at radius 2 is 2.11 bits per heavy atom. The maximum atomic E-state index is 12.1. The van der Waals surface area contributed by atoms with Crippen LogP contribution in [0.2, 0.25) is 5.02 Å². The lowest BCUT2D eigenvalue weighted by Gasteiger charge is -2.28. The van der Waals surface area contributed by atoms with E-state index in [4.69, 9.17) is 11.6 Å². The van der Waals surface area contributed by atoms with Gasteiger partial charge in [0.1, 0.15) is 0 Å². The molecule has 1 saturated carbocycles. The van der Waals surface area contributed by atoms with E-state index in [1.807, 2.05) is 12.1 Å². The number of carbonyl (C=O) groups excluding carboxylic acids is 1.